The van der Waals surface area contributed by atoms with Crippen LogP contribution in [-0.4, -0.2) is 32.9 Å². The molecule has 0 spiro atoms. The van der Waals surface area contributed by atoms with E-state index >= 15 is 0 Å². The highest BCUT2D eigenvalue weighted by Crippen LogP contribution is 2.33. The Bertz CT molecular complexity index is 1010. The second-order valence-corrected chi connectivity index (χ2v) is 7.32. The number of esters is 1. The molecule has 2 aromatic carbocycles. The monoisotopic (exact) mass is 409 g/mol. The van der Waals surface area contributed by atoms with Crippen molar-refractivity contribution in [1.82, 2.24) is 10.6 Å². The first kappa shape index (κ1) is 19.6. The molecular formula is C22H23N3O5. The SMILES string of the molecule is CC1=C(C(=O)OCc2ccc3c(c2)OCO3)[C@@H](c2ccc(N(C)C)cc2)NC(=O)N1. The van der Waals surface area contributed by atoms with E-state index in [1.165, 1.54) is 0 Å². The maximum Gasteiger partial charge on any atom is 0.338 e. The number of allylic oxidation sites excluding steroid dienone is 1. The molecule has 8 heteroatoms. The highest BCUT2D eigenvalue weighted by Gasteiger charge is 2.32. The van der Waals surface area contributed by atoms with Gasteiger partial charge in [0.25, 0.3) is 0 Å². The van der Waals surface area contributed by atoms with Gasteiger partial charge in [-0.15, -0.1) is 0 Å². The minimum atomic E-state index is -0.598. The minimum absolute atomic E-state index is 0.0759. The van der Waals surface area contributed by atoms with Gasteiger partial charge in [-0.1, -0.05) is 18.2 Å². The van der Waals surface area contributed by atoms with Gasteiger partial charge in [-0.05, 0) is 42.3 Å². The first-order valence-corrected chi connectivity index (χ1v) is 9.53. The molecule has 4 rings (SSSR count). The van der Waals surface area contributed by atoms with E-state index < -0.39 is 12.0 Å². The lowest BCUT2D eigenvalue weighted by Crippen LogP contribution is -2.45. The van der Waals surface area contributed by atoms with Crippen molar-refractivity contribution in [3.63, 3.8) is 0 Å². The van der Waals surface area contributed by atoms with Gasteiger partial charge in [-0.3, -0.25) is 0 Å². The number of urea groups is 1. The average Bonchev–Trinajstić information content (AvgIpc) is 3.19. The molecule has 2 N–H and O–H groups in total. The van der Waals surface area contributed by atoms with Crippen molar-refractivity contribution in [2.45, 2.75) is 19.6 Å². The number of hydrogen-bond acceptors (Lipinski definition) is 6. The fourth-order valence-corrected chi connectivity index (χ4v) is 3.44. The zero-order chi connectivity index (χ0) is 21.3. The van der Waals surface area contributed by atoms with Crippen molar-refractivity contribution in [2.24, 2.45) is 0 Å². The Labute approximate surface area is 174 Å². The van der Waals surface area contributed by atoms with Crippen LogP contribution in [0.2, 0.25) is 0 Å². The molecule has 0 unspecified atom stereocenters. The van der Waals surface area contributed by atoms with E-state index in [4.69, 9.17) is 14.2 Å². The summed E-state index contributed by atoms with van der Waals surface area (Å²) in [7, 11) is 3.90. The van der Waals surface area contributed by atoms with Crippen molar-refractivity contribution in [3.05, 3.63) is 64.9 Å². The zero-order valence-electron chi connectivity index (χ0n) is 17.0. The normalized spacial score (nSPS) is 17.3. The molecule has 1 atom stereocenters. The summed E-state index contributed by atoms with van der Waals surface area (Å²) in [6.07, 6.45) is 0. The van der Waals surface area contributed by atoms with Crippen LogP contribution >= 0.6 is 0 Å². The second-order valence-electron chi connectivity index (χ2n) is 7.32. The number of rotatable bonds is 5. The molecule has 2 aliphatic heterocycles. The Morgan fingerprint density at radius 3 is 2.60 bits per heavy atom. The average molecular weight is 409 g/mol. The van der Waals surface area contributed by atoms with Crippen LogP contribution in [0.1, 0.15) is 24.1 Å². The van der Waals surface area contributed by atoms with E-state index in [0.29, 0.717) is 22.8 Å². The van der Waals surface area contributed by atoms with E-state index in [-0.39, 0.29) is 19.4 Å². The summed E-state index contributed by atoms with van der Waals surface area (Å²) >= 11 is 0. The smallest absolute Gasteiger partial charge is 0.338 e. The zero-order valence-corrected chi connectivity index (χ0v) is 17.0. The summed E-state index contributed by atoms with van der Waals surface area (Å²) in [6.45, 7) is 1.95. The lowest BCUT2D eigenvalue weighted by molar-refractivity contribution is -0.140. The Balaban J connectivity index is 1.53. The number of fused-ring (bicyclic) bond motifs is 1. The first-order chi connectivity index (χ1) is 14.4. The van der Waals surface area contributed by atoms with Crippen LogP contribution in [0.4, 0.5) is 10.5 Å². The predicted molar refractivity (Wildman–Crippen MR) is 110 cm³/mol. The van der Waals surface area contributed by atoms with Crippen LogP contribution in [0.25, 0.3) is 0 Å². The molecule has 0 saturated heterocycles. The fraction of sp³-hybridized carbons (Fsp3) is 0.273. The Morgan fingerprint density at radius 2 is 1.87 bits per heavy atom. The molecule has 156 valence electrons. The Kier molecular flexibility index (Phi) is 5.22. The molecule has 0 aliphatic carbocycles. The molecule has 2 amide bonds. The van der Waals surface area contributed by atoms with Gasteiger partial charge >= 0.3 is 12.0 Å². The molecule has 0 bridgehead atoms. The van der Waals surface area contributed by atoms with Crippen LogP contribution in [-0.2, 0) is 16.1 Å². The molecule has 2 aliphatic rings. The molecule has 30 heavy (non-hydrogen) atoms. The fourth-order valence-electron chi connectivity index (χ4n) is 3.44. The maximum absolute atomic E-state index is 12.9. The molecule has 0 aromatic heterocycles. The number of amides is 2. The molecule has 2 heterocycles. The van der Waals surface area contributed by atoms with Crippen LogP contribution < -0.4 is 25.0 Å². The van der Waals surface area contributed by atoms with Crippen LogP contribution in [0.15, 0.2) is 53.7 Å². The van der Waals surface area contributed by atoms with Gasteiger partial charge in [0.1, 0.15) is 6.61 Å². The summed E-state index contributed by atoms with van der Waals surface area (Å²) in [5.74, 6) is 0.799. The lowest BCUT2D eigenvalue weighted by atomic mass is 9.95. The Hall–Kier alpha value is -3.68. The highest BCUT2D eigenvalue weighted by molar-refractivity contribution is 5.95. The number of carbonyl (C=O) groups is 2. The third-order valence-corrected chi connectivity index (χ3v) is 5.04. The molecule has 2 aromatic rings. The summed E-state index contributed by atoms with van der Waals surface area (Å²) in [5, 5.41) is 5.47. The number of hydrogen-bond donors (Lipinski definition) is 2. The predicted octanol–water partition coefficient (Wildman–Crippen LogP) is 2.85. The van der Waals surface area contributed by atoms with E-state index in [2.05, 4.69) is 10.6 Å². The van der Waals surface area contributed by atoms with Crippen molar-refractivity contribution in [3.8, 4) is 11.5 Å². The number of anilines is 1. The molecule has 0 radical (unpaired) electrons. The number of benzene rings is 2. The van der Waals surface area contributed by atoms with E-state index in [9.17, 15) is 9.59 Å². The van der Waals surface area contributed by atoms with Crippen molar-refractivity contribution >= 4 is 17.7 Å². The van der Waals surface area contributed by atoms with Crippen LogP contribution in [0.3, 0.4) is 0 Å². The third kappa shape index (κ3) is 3.89. The topological polar surface area (TPSA) is 89.1 Å². The van der Waals surface area contributed by atoms with E-state index in [0.717, 1.165) is 16.8 Å². The summed E-state index contributed by atoms with van der Waals surface area (Å²) < 4.78 is 16.2. The van der Waals surface area contributed by atoms with Gasteiger partial charge in [0.15, 0.2) is 11.5 Å². The van der Waals surface area contributed by atoms with Crippen molar-refractivity contribution in [2.75, 3.05) is 25.8 Å². The molecular weight excluding hydrogens is 386 g/mol. The minimum Gasteiger partial charge on any atom is -0.457 e. The van der Waals surface area contributed by atoms with Crippen LogP contribution in [0.5, 0.6) is 11.5 Å². The largest absolute Gasteiger partial charge is 0.457 e. The van der Waals surface area contributed by atoms with Gasteiger partial charge < -0.3 is 29.7 Å². The van der Waals surface area contributed by atoms with Gasteiger partial charge in [0.05, 0.1) is 11.6 Å². The summed E-state index contributed by atoms with van der Waals surface area (Å²) in [4.78, 5) is 27.0. The summed E-state index contributed by atoms with van der Waals surface area (Å²) in [6, 6.07) is 12.1. The van der Waals surface area contributed by atoms with Crippen molar-refractivity contribution < 1.29 is 23.8 Å². The second kappa shape index (κ2) is 7.98. The number of nitrogens with zero attached hydrogens (tertiary/aromatic N) is 1. The van der Waals surface area contributed by atoms with Crippen molar-refractivity contribution in [1.29, 1.82) is 0 Å². The van der Waals surface area contributed by atoms with Gasteiger partial charge in [0, 0.05) is 25.5 Å². The molecule has 0 fully saturated rings. The highest BCUT2D eigenvalue weighted by atomic mass is 16.7. The van der Waals surface area contributed by atoms with Gasteiger partial charge in [-0.2, -0.15) is 0 Å². The number of nitrogens with one attached hydrogen (secondary N) is 2. The standard InChI is InChI=1S/C22H23N3O5/c1-13-19(21(26)28-11-14-4-9-17-18(10-14)30-12-29-17)20(24-22(27)23-13)15-5-7-16(8-6-15)25(2)3/h4-10,20H,11-12H2,1-3H3,(H2,23,24,27)/t20-/m1/s1. The van der Waals surface area contributed by atoms with Gasteiger partial charge in [-0.25, -0.2) is 9.59 Å². The van der Waals surface area contributed by atoms with E-state index in [1.54, 1.807) is 19.1 Å². The van der Waals surface area contributed by atoms with Gasteiger partial charge in [0.2, 0.25) is 6.79 Å². The number of carbonyl (C=O) groups excluding carboxylic acids is 2. The van der Waals surface area contributed by atoms with E-state index in [1.807, 2.05) is 49.3 Å². The molecule has 8 nitrogen and oxygen atoms in total. The third-order valence-electron chi connectivity index (χ3n) is 5.04. The number of ether oxygens (including phenoxy) is 3. The quantitative estimate of drug-likeness (QED) is 0.739. The Morgan fingerprint density at radius 1 is 1.13 bits per heavy atom. The maximum atomic E-state index is 12.9. The van der Waals surface area contributed by atoms with Crippen LogP contribution in [0, 0.1) is 0 Å². The lowest BCUT2D eigenvalue weighted by Gasteiger charge is -2.28. The molecule has 0 saturated carbocycles. The first-order valence-electron chi connectivity index (χ1n) is 9.53. The summed E-state index contributed by atoms with van der Waals surface area (Å²) in [5.41, 5.74) is 3.44.